The Kier molecular flexibility index (Phi) is 3.54. The number of fused-ring (bicyclic) bond motifs is 2. The molecule has 0 spiro atoms. The van der Waals surface area contributed by atoms with Crippen molar-refractivity contribution in [2.24, 2.45) is 0 Å². The van der Waals surface area contributed by atoms with Gasteiger partial charge in [0.15, 0.2) is 0 Å². The molecule has 5 heteroatoms. The molecule has 0 aliphatic heterocycles. The summed E-state index contributed by atoms with van der Waals surface area (Å²) in [6.45, 7) is 1.92. The number of aryl methyl sites for hydroxylation is 2. The van der Waals surface area contributed by atoms with E-state index < -0.39 is 0 Å². The van der Waals surface area contributed by atoms with E-state index in [1.54, 1.807) is 0 Å². The van der Waals surface area contributed by atoms with Gasteiger partial charge in [0.2, 0.25) is 5.91 Å². The van der Waals surface area contributed by atoms with Gasteiger partial charge in [-0.2, -0.15) is 0 Å². The summed E-state index contributed by atoms with van der Waals surface area (Å²) < 4.78 is 0. The minimum absolute atomic E-state index is 0.0101. The molecule has 4 aromatic rings. The Balaban J connectivity index is 1.44. The Labute approximate surface area is 139 Å². The minimum atomic E-state index is 0.0101. The van der Waals surface area contributed by atoms with E-state index in [9.17, 15) is 4.79 Å². The molecule has 24 heavy (non-hydrogen) atoms. The van der Waals surface area contributed by atoms with Gasteiger partial charge in [-0.15, -0.1) is 0 Å². The highest BCUT2D eigenvalue weighted by molar-refractivity contribution is 5.93. The molecule has 0 saturated carbocycles. The van der Waals surface area contributed by atoms with Gasteiger partial charge in [-0.05, 0) is 43.2 Å². The van der Waals surface area contributed by atoms with E-state index in [1.807, 2.05) is 49.5 Å². The summed E-state index contributed by atoms with van der Waals surface area (Å²) in [4.78, 5) is 23.0. The number of anilines is 1. The fourth-order valence-electron chi connectivity index (χ4n) is 3.03. The van der Waals surface area contributed by atoms with Crippen molar-refractivity contribution in [1.29, 1.82) is 0 Å². The van der Waals surface area contributed by atoms with Gasteiger partial charge in [0.1, 0.15) is 5.82 Å². The molecule has 120 valence electrons. The van der Waals surface area contributed by atoms with Gasteiger partial charge in [0, 0.05) is 29.2 Å². The summed E-state index contributed by atoms with van der Waals surface area (Å²) in [6.07, 6.45) is 3.14. The number of aromatic nitrogens is 3. The van der Waals surface area contributed by atoms with Crippen molar-refractivity contribution >= 4 is 33.5 Å². The number of carbonyl (C=O) groups is 1. The number of amides is 1. The van der Waals surface area contributed by atoms with Gasteiger partial charge >= 0.3 is 0 Å². The zero-order valence-electron chi connectivity index (χ0n) is 13.4. The zero-order valence-corrected chi connectivity index (χ0v) is 13.4. The van der Waals surface area contributed by atoms with Gasteiger partial charge in [-0.3, -0.25) is 4.79 Å². The molecule has 0 aliphatic rings. The highest BCUT2D eigenvalue weighted by atomic mass is 16.1. The average molecular weight is 318 g/mol. The molecule has 0 fully saturated rings. The number of para-hydroxylation sites is 1. The van der Waals surface area contributed by atoms with Crippen LogP contribution in [0.25, 0.3) is 21.9 Å². The molecule has 4 rings (SSSR count). The molecule has 2 aromatic carbocycles. The number of carbonyl (C=O) groups excluding carboxylic acids is 1. The molecule has 0 unspecified atom stereocenters. The second-order valence-electron chi connectivity index (χ2n) is 5.96. The van der Waals surface area contributed by atoms with E-state index >= 15 is 0 Å². The van der Waals surface area contributed by atoms with E-state index in [0.717, 1.165) is 28.1 Å². The summed E-state index contributed by atoms with van der Waals surface area (Å²) in [7, 11) is 0. The number of imidazole rings is 1. The second kappa shape index (κ2) is 5.85. The second-order valence-corrected chi connectivity index (χ2v) is 5.96. The zero-order chi connectivity index (χ0) is 16.5. The molecule has 5 nitrogen and oxygen atoms in total. The van der Waals surface area contributed by atoms with E-state index in [1.165, 1.54) is 10.9 Å². The largest absolute Gasteiger partial charge is 0.361 e. The molecule has 0 aliphatic carbocycles. The maximum Gasteiger partial charge on any atom is 0.224 e. The van der Waals surface area contributed by atoms with Crippen LogP contribution in [0.4, 0.5) is 5.69 Å². The van der Waals surface area contributed by atoms with Crippen LogP contribution in [-0.4, -0.2) is 20.9 Å². The lowest BCUT2D eigenvalue weighted by atomic mass is 10.1. The molecule has 0 saturated heterocycles. The molecule has 2 aromatic heterocycles. The molecule has 0 atom stereocenters. The van der Waals surface area contributed by atoms with Crippen molar-refractivity contribution in [2.75, 3.05) is 5.32 Å². The van der Waals surface area contributed by atoms with E-state index in [-0.39, 0.29) is 5.91 Å². The fraction of sp³-hybridized carbons (Fsp3) is 0.158. The number of hydrogen-bond acceptors (Lipinski definition) is 2. The van der Waals surface area contributed by atoms with Gasteiger partial charge < -0.3 is 15.3 Å². The quantitative estimate of drug-likeness (QED) is 0.533. The number of hydrogen-bond donors (Lipinski definition) is 3. The van der Waals surface area contributed by atoms with Crippen LogP contribution < -0.4 is 5.32 Å². The van der Waals surface area contributed by atoms with Gasteiger partial charge in [-0.1, -0.05) is 18.2 Å². The van der Waals surface area contributed by atoms with E-state index in [4.69, 9.17) is 0 Å². The lowest BCUT2D eigenvalue weighted by Crippen LogP contribution is -2.12. The number of nitrogens with one attached hydrogen (secondary N) is 3. The predicted octanol–water partition coefficient (Wildman–Crippen LogP) is 3.92. The van der Waals surface area contributed by atoms with Crippen LogP contribution in [0.3, 0.4) is 0 Å². The Morgan fingerprint density at radius 1 is 1.17 bits per heavy atom. The summed E-state index contributed by atoms with van der Waals surface area (Å²) in [6, 6.07) is 13.8. The Hall–Kier alpha value is -3.08. The smallest absolute Gasteiger partial charge is 0.224 e. The van der Waals surface area contributed by atoms with Crippen molar-refractivity contribution in [3.8, 4) is 0 Å². The lowest BCUT2D eigenvalue weighted by molar-refractivity contribution is -0.116. The van der Waals surface area contributed by atoms with Gasteiger partial charge in [0.05, 0.1) is 11.0 Å². The van der Waals surface area contributed by atoms with Gasteiger partial charge in [0.25, 0.3) is 0 Å². The summed E-state index contributed by atoms with van der Waals surface area (Å²) in [5.41, 5.74) is 4.90. The molecule has 2 heterocycles. The van der Waals surface area contributed by atoms with Crippen LogP contribution in [0.15, 0.2) is 48.7 Å². The molecule has 1 amide bonds. The van der Waals surface area contributed by atoms with Crippen LogP contribution in [0.2, 0.25) is 0 Å². The first-order chi connectivity index (χ1) is 11.7. The van der Waals surface area contributed by atoms with Crippen LogP contribution in [0.5, 0.6) is 0 Å². The van der Waals surface area contributed by atoms with Crippen LogP contribution in [0, 0.1) is 6.92 Å². The number of rotatable bonds is 4. The van der Waals surface area contributed by atoms with Crippen molar-refractivity contribution in [3.63, 3.8) is 0 Å². The normalized spacial score (nSPS) is 11.2. The third kappa shape index (κ3) is 2.76. The maximum absolute atomic E-state index is 12.2. The number of H-pyrrole nitrogens is 2. The van der Waals surface area contributed by atoms with Crippen LogP contribution in [0.1, 0.15) is 17.8 Å². The third-order valence-corrected chi connectivity index (χ3v) is 4.18. The highest BCUT2D eigenvalue weighted by Gasteiger charge is 2.08. The lowest BCUT2D eigenvalue weighted by Gasteiger charge is -2.05. The first-order valence-electron chi connectivity index (χ1n) is 8.00. The Morgan fingerprint density at radius 3 is 2.96 bits per heavy atom. The number of aromatic amines is 2. The standard InChI is InChI=1S/C19H18N4O/c1-12-21-17-8-7-14(10-18(17)22-12)23-19(24)9-6-13-11-20-16-5-3-2-4-15(13)16/h2-5,7-8,10-11,20H,6,9H2,1H3,(H,21,22)(H,23,24). The summed E-state index contributed by atoms with van der Waals surface area (Å²) >= 11 is 0. The third-order valence-electron chi connectivity index (χ3n) is 4.18. The minimum Gasteiger partial charge on any atom is -0.361 e. The summed E-state index contributed by atoms with van der Waals surface area (Å²) in [5.74, 6) is 0.878. The molecule has 3 N–H and O–H groups in total. The Morgan fingerprint density at radius 2 is 2.04 bits per heavy atom. The van der Waals surface area contributed by atoms with Crippen LogP contribution >= 0.6 is 0 Å². The van der Waals surface area contributed by atoms with Crippen molar-refractivity contribution in [1.82, 2.24) is 15.0 Å². The Bertz CT molecular complexity index is 1030. The maximum atomic E-state index is 12.2. The van der Waals surface area contributed by atoms with E-state index in [2.05, 4.69) is 26.3 Å². The van der Waals surface area contributed by atoms with Crippen molar-refractivity contribution in [3.05, 3.63) is 60.0 Å². The monoisotopic (exact) mass is 318 g/mol. The number of nitrogens with zero attached hydrogens (tertiary/aromatic N) is 1. The molecular formula is C19H18N4O. The first-order valence-corrected chi connectivity index (χ1v) is 8.00. The highest BCUT2D eigenvalue weighted by Crippen LogP contribution is 2.20. The van der Waals surface area contributed by atoms with Crippen molar-refractivity contribution in [2.45, 2.75) is 19.8 Å². The first kappa shape index (κ1) is 14.5. The average Bonchev–Trinajstić information content (AvgIpc) is 3.15. The topological polar surface area (TPSA) is 73.6 Å². The molecule has 0 radical (unpaired) electrons. The summed E-state index contributed by atoms with van der Waals surface area (Å²) in [5, 5.41) is 4.14. The SMILES string of the molecule is Cc1nc2ccc(NC(=O)CCc3c[nH]c4ccccc34)cc2[nH]1. The molecule has 0 bridgehead atoms. The number of benzene rings is 2. The van der Waals surface area contributed by atoms with Crippen LogP contribution in [-0.2, 0) is 11.2 Å². The van der Waals surface area contributed by atoms with Gasteiger partial charge in [-0.25, -0.2) is 4.98 Å². The van der Waals surface area contributed by atoms with E-state index in [0.29, 0.717) is 12.8 Å². The van der Waals surface area contributed by atoms with Crippen molar-refractivity contribution < 1.29 is 4.79 Å². The fourth-order valence-corrected chi connectivity index (χ4v) is 3.03. The molecular weight excluding hydrogens is 300 g/mol. The predicted molar refractivity (Wildman–Crippen MR) is 96.1 cm³/mol.